The van der Waals surface area contributed by atoms with Gasteiger partial charge in [-0.1, -0.05) is 37.1 Å². The number of likely N-dealkylation sites (tertiary alicyclic amines) is 2. The number of aromatic hydroxyl groups is 1. The van der Waals surface area contributed by atoms with Crippen molar-refractivity contribution in [1.82, 2.24) is 15.1 Å². The number of phenolic OH excluding ortho intramolecular Hbond substituents is 1. The average molecular weight is 984 g/mol. The summed E-state index contributed by atoms with van der Waals surface area (Å²) in [6.45, 7) is 10.8. The average Bonchev–Trinajstić information content (AvgIpc) is 3.31. The van der Waals surface area contributed by atoms with E-state index in [4.69, 9.17) is 42.4 Å². The normalized spacial score (nSPS) is 16.9. The van der Waals surface area contributed by atoms with Gasteiger partial charge in [-0.25, -0.2) is 9.59 Å². The van der Waals surface area contributed by atoms with Crippen LogP contribution in [0.15, 0.2) is 72.8 Å². The molecule has 17 heteroatoms. The van der Waals surface area contributed by atoms with Gasteiger partial charge in [0.05, 0.1) is 60.6 Å². The predicted octanol–water partition coefficient (Wildman–Crippen LogP) is 10.4. The first-order valence-electron chi connectivity index (χ1n) is 21.6. The van der Waals surface area contributed by atoms with Gasteiger partial charge in [0.1, 0.15) is 34.5 Å². The van der Waals surface area contributed by atoms with Crippen molar-refractivity contribution in [3.05, 3.63) is 72.8 Å². The minimum Gasteiger partial charge on any atom is -0.508 e. The molecule has 16 nitrogen and oxygen atoms in total. The molecule has 3 aromatic rings. The number of methoxy groups -OCH3 is 3. The van der Waals surface area contributed by atoms with Crippen LogP contribution >= 0.6 is 0 Å². The van der Waals surface area contributed by atoms with Crippen LogP contribution in [0.25, 0.3) is 0 Å². The molecule has 3 fully saturated rings. The molecule has 0 saturated carbocycles. The Kier molecular flexibility index (Phi) is 37.3. The Morgan fingerprint density at radius 1 is 0.588 bits per heavy atom. The smallest absolute Gasteiger partial charge is 0.409 e. The fraction of sp³-hybridized carbons (Fsp3) is 0.608. The maximum atomic E-state index is 11.7. The Morgan fingerprint density at radius 3 is 1.32 bits per heavy atom. The molecule has 0 bridgehead atoms. The summed E-state index contributed by atoms with van der Waals surface area (Å²) < 4.78 is 63.0. The maximum Gasteiger partial charge on any atom is 0.409 e. The predicted molar refractivity (Wildman–Crippen MR) is 274 cm³/mol. The Labute approximate surface area is 411 Å². The highest BCUT2D eigenvalue weighted by molar-refractivity contribution is 7.85. The maximum absolute atomic E-state index is 11.7. The van der Waals surface area contributed by atoms with Crippen molar-refractivity contribution in [2.45, 2.75) is 89.5 Å². The summed E-state index contributed by atoms with van der Waals surface area (Å²) in [5.74, 6) is 5.50. The van der Waals surface area contributed by atoms with Crippen LogP contribution < -0.4 is 29.0 Å². The van der Waals surface area contributed by atoms with E-state index in [9.17, 15) is 18.0 Å². The fourth-order valence-electron chi connectivity index (χ4n) is 6.80. The van der Waals surface area contributed by atoms with Crippen LogP contribution in [0.3, 0.4) is 0 Å². The molecule has 3 atom stereocenters. The summed E-state index contributed by atoms with van der Waals surface area (Å²) in [6.07, 6.45) is 6.78. The molecule has 392 valence electrons. The quantitative estimate of drug-likeness (QED) is 0.146. The molecule has 0 aliphatic carbocycles. The number of hydrogen-bond acceptors (Lipinski definition) is 14. The zero-order valence-corrected chi connectivity index (χ0v) is 38.6. The number of nitrogens with zero attached hydrogens (tertiary/aromatic N) is 2. The third kappa shape index (κ3) is 27.6. The van der Waals surface area contributed by atoms with E-state index in [-0.39, 0.29) is 67.6 Å². The highest BCUT2D eigenvalue weighted by Crippen LogP contribution is 2.23. The van der Waals surface area contributed by atoms with E-state index in [1.807, 2.05) is 55.5 Å². The SMILES string of the molecule is C.C.C.C.C.CCOC(=O)N1CCCC(COS(C)(=O)=O)C1.CCOC(=O)N1CCCC(COc2ccc(OC)cc2)C1.COc1ccc(O)cc1.COc1ccc(OCC2CCCNC2)cc1. The Hall–Kier alpha value is -5.13. The van der Waals surface area contributed by atoms with Crippen molar-refractivity contribution in [1.29, 1.82) is 0 Å². The molecule has 0 spiro atoms. The largest absolute Gasteiger partial charge is 0.508 e. The summed E-state index contributed by atoms with van der Waals surface area (Å²) in [6, 6.07) is 21.9. The second-order valence-electron chi connectivity index (χ2n) is 15.2. The van der Waals surface area contributed by atoms with Gasteiger partial charge in [0.15, 0.2) is 0 Å². The van der Waals surface area contributed by atoms with Crippen LogP contribution in [0.2, 0.25) is 0 Å². The summed E-state index contributed by atoms with van der Waals surface area (Å²) in [7, 11) is 1.49. The first kappa shape index (κ1) is 67.1. The third-order valence-electron chi connectivity index (χ3n) is 10.2. The van der Waals surface area contributed by atoms with Crippen LogP contribution in [-0.4, -0.2) is 135 Å². The van der Waals surface area contributed by atoms with Crippen molar-refractivity contribution in [3.63, 3.8) is 0 Å². The van der Waals surface area contributed by atoms with Crippen LogP contribution in [0.5, 0.6) is 34.5 Å². The zero-order valence-electron chi connectivity index (χ0n) is 37.8. The molecule has 68 heavy (non-hydrogen) atoms. The number of carbonyl (C=O) groups is 2. The van der Waals surface area contributed by atoms with Gasteiger partial charge in [-0.2, -0.15) is 8.42 Å². The van der Waals surface area contributed by atoms with Crippen molar-refractivity contribution in [2.75, 3.05) is 99.9 Å². The van der Waals surface area contributed by atoms with Gasteiger partial charge in [-0.15, -0.1) is 0 Å². The Bertz CT molecular complexity index is 1810. The van der Waals surface area contributed by atoms with Crippen LogP contribution in [0.1, 0.15) is 89.5 Å². The van der Waals surface area contributed by atoms with Gasteiger partial charge in [0, 0.05) is 50.5 Å². The Balaban J connectivity index is -0.000000833. The van der Waals surface area contributed by atoms with Gasteiger partial charge in [-0.3, -0.25) is 4.18 Å². The second-order valence-corrected chi connectivity index (χ2v) is 16.8. The van der Waals surface area contributed by atoms with E-state index < -0.39 is 10.1 Å². The molecule has 2 N–H and O–H groups in total. The summed E-state index contributed by atoms with van der Waals surface area (Å²) in [5.41, 5.74) is 0. The third-order valence-corrected chi connectivity index (χ3v) is 10.7. The van der Waals surface area contributed by atoms with Gasteiger partial charge < -0.3 is 53.4 Å². The molecule has 6 rings (SSSR count). The van der Waals surface area contributed by atoms with E-state index in [1.165, 1.54) is 12.8 Å². The molecular weight excluding hydrogens is 895 g/mol. The minimum absolute atomic E-state index is 0. The number of benzene rings is 3. The minimum atomic E-state index is -3.41. The van der Waals surface area contributed by atoms with Crippen molar-refractivity contribution < 1.29 is 60.5 Å². The van der Waals surface area contributed by atoms with E-state index in [2.05, 4.69) is 5.32 Å². The fourth-order valence-corrected chi connectivity index (χ4v) is 7.24. The van der Waals surface area contributed by atoms with Gasteiger partial charge in [0.25, 0.3) is 10.1 Å². The van der Waals surface area contributed by atoms with E-state index in [1.54, 1.807) is 62.3 Å². The van der Waals surface area contributed by atoms with E-state index in [0.29, 0.717) is 51.3 Å². The molecule has 3 unspecified atom stereocenters. The lowest BCUT2D eigenvalue weighted by atomic mass is 9.99. The van der Waals surface area contributed by atoms with E-state index in [0.717, 1.165) is 86.9 Å². The summed E-state index contributed by atoms with van der Waals surface area (Å²) in [5, 5.41) is 12.2. The topological polar surface area (TPSA) is 181 Å². The molecule has 0 radical (unpaired) electrons. The van der Waals surface area contributed by atoms with Crippen molar-refractivity contribution in [2.24, 2.45) is 17.8 Å². The lowest BCUT2D eigenvalue weighted by molar-refractivity contribution is 0.0786. The first-order chi connectivity index (χ1) is 30.4. The highest BCUT2D eigenvalue weighted by Gasteiger charge is 2.26. The molecule has 3 aromatic carbocycles. The molecule has 2 amide bonds. The van der Waals surface area contributed by atoms with Gasteiger partial charge in [-0.05, 0) is 132 Å². The monoisotopic (exact) mass is 984 g/mol. The number of nitrogens with one attached hydrogen (secondary N) is 1. The number of hydrogen-bond donors (Lipinski definition) is 2. The molecule has 3 aliphatic heterocycles. The number of piperidine rings is 3. The van der Waals surface area contributed by atoms with E-state index >= 15 is 0 Å². The first-order valence-corrected chi connectivity index (χ1v) is 23.4. The summed E-state index contributed by atoms with van der Waals surface area (Å²) >= 11 is 0. The molecule has 0 aromatic heterocycles. The lowest BCUT2D eigenvalue weighted by Crippen LogP contribution is -2.41. The highest BCUT2D eigenvalue weighted by atomic mass is 32.2. The van der Waals surface area contributed by atoms with Crippen molar-refractivity contribution in [3.8, 4) is 34.5 Å². The number of ether oxygens (including phenoxy) is 7. The molecular formula is C51H89N3O13S. The molecule has 3 aliphatic rings. The number of carbonyl (C=O) groups excluding carboxylic acids is 2. The standard InChI is InChI=1S/C16H23NO4.C13H19NO2.C10H19NO5S.C7H8O2.5CH4/c1-3-20-16(18)17-10-4-5-13(11-17)12-21-15-8-6-14(19-2)7-9-15;1-15-12-4-6-13(7-5-12)16-10-11-3-2-8-14-9-11;1-3-15-10(12)11-6-4-5-9(7-11)8-16-17(2,13)14;1-9-7-4-2-6(8)3-5-7;;;;;/h6-9,13H,3-5,10-12H2,1-2H3;4-7,11,14H,2-3,8-10H2,1H3;9H,3-8H2,1-2H3;2-5,8H,1H3;5*1H4. The Morgan fingerprint density at radius 2 is 0.956 bits per heavy atom. The van der Waals surface area contributed by atoms with Crippen LogP contribution in [-0.2, 0) is 23.8 Å². The second kappa shape index (κ2) is 37.8. The van der Waals surface area contributed by atoms with Gasteiger partial charge in [0.2, 0.25) is 0 Å². The molecule has 3 heterocycles. The molecule has 3 saturated heterocycles. The van der Waals surface area contributed by atoms with Gasteiger partial charge >= 0.3 is 12.2 Å². The number of rotatable bonds is 14. The number of amides is 2. The number of phenols is 1. The lowest BCUT2D eigenvalue weighted by Gasteiger charge is -2.31. The van der Waals surface area contributed by atoms with Crippen molar-refractivity contribution >= 4 is 22.3 Å². The van der Waals surface area contributed by atoms with Crippen LogP contribution in [0.4, 0.5) is 9.59 Å². The van der Waals surface area contributed by atoms with Crippen LogP contribution in [0, 0.1) is 17.8 Å². The zero-order chi connectivity index (χ0) is 45.9. The summed E-state index contributed by atoms with van der Waals surface area (Å²) in [4.78, 5) is 26.6.